The zero-order valence-electron chi connectivity index (χ0n) is 9.49. The molecule has 1 rings (SSSR count). The van der Waals surface area contributed by atoms with Crippen molar-refractivity contribution in [1.29, 1.82) is 0 Å². The molecule has 0 bridgehead atoms. The maximum Gasteiger partial charge on any atom is 0.129 e. The molecule has 16 heavy (non-hydrogen) atoms. The van der Waals surface area contributed by atoms with Crippen LogP contribution in [0.3, 0.4) is 0 Å². The molecule has 0 aliphatic carbocycles. The van der Waals surface area contributed by atoms with Crippen molar-refractivity contribution < 1.29 is 8.78 Å². The minimum atomic E-state index is -0.550. The molecule has 0 heterocycles. The highest BCUT2D eigenvalue weighted by atomic mass is 35.5. The number of nitrogens with one attached hydrogen (secondary N) is 1. The molecular formula is C12H16ClF2N. The van der Waals surface area contributed by atoms with Gasteiger partial charge in [-0.25, -0.2) is 8.78 Å². The largest absolute Gasteiger partial charge is 0.315 e. The Balaban J connectivity index is 2.80. The van der Waals surface area contributed by atoms with Crippen molar-refractivity contribution in [1.82, 2.24) is 5.32 Å². The maximum atomic E-state index is 13.6. The predicted molar refractivity (Wildman–Crippen MR) is 63.0 cm³/mol. The van der Waals surface area contributed by atoms with E-state index in [1.807, 2.05) is 13.8 Å². The highest BCUT2D eigenvalue weighted by Crippen LogP contribution is 2.25. The molecule has 0 aromatic heterocycles. The standard InChI is InChI=1S/C12H16ClF2N/c1-12(2,8-16-6-5-13)10-4-3-9(14)7-11(10)15/h3-4,7,16H,5-6,8H2,1-2H3. The van der Waals surface area contributed by atoms with Crippen molar-refractivity contribution in [3.63, 3.8) is 0 Å². The van der Waals surface area contributed by atoms with Crippen LogP contribution < -0.4 is 5.32 Å². The van der Waals surface area contributed by atoms with Crippen molar-refractivity contribution in [2.45, 2.75) is 19.3 Å². The van der Waals surface area contributed by atoms with E-state index in [9.17, 15) is 8.78 Å². The summed E-state index contributed by atoms with van der Waals surface area (Å²) < 4.78 is 26.3. The van der Waals surface area contributed by atoms with Gasteiger partial charge in [-0.2, -0.15) is 0 Å². The predicted octanol–water partition coefficient (Wildman–Crippen LogP) is 3.07. The summed E-state index contributed by atoms with van der Waals surface area (Å²) in [5, 5.41) is 3.12. The lowest BCUT2D eigenvalue weighted by molar-refractivity contribution is 0.448. The van der Waals surface area contributed by atoms with Crippen molar-refractivity contribution in [3.8, 4) is 0 Å². The zero-order chi connectivity index (χ0) is 12.2. The van der Waals surface area contributed by atoms with E-state index in [1.54, 1.807) is 0 Å². The molecule has 0 radical (unpaired) electrons. The lowest BCUT2D eigenvalue weighted by atomic mass is 9.84. The van der Waals surface area contributed by atoms with Gasteiger partial charge in [0.1, 0.15) is 11.6 Å². The quantitative estimate of drug-likeness (QED) is 0.623. The van der Waals surface area contributed by atoms with Crippen molar-refractivity contribution in [2.75, 3.05) is 19.0 Å². The Morgan fingerprint density at radius 3 is 2.56 bits per heavy atom. The molecule has 0 saturated heterocycles. The maximum absolute atomic E-state index is 13.6. The fraction of sp³-hybridized carbons (Fsp3) is 0.500. The molecule has 90 valence electrons. The zero-order valence-corrected chi connectivity index (χ0v) is 10.2. The topological polar surface area (TPSA) is 12.0 Å². The molecule has 0 fully saturated rings. The first-order valence-corrected chi connectivity index (χ1v) is 5.73. The van der Waals surface area contributed by atoms with E-state index in [0.717, 1.165) is 6.07 Å². The van der Waals surface area contributed by atoms with Crippen LogP contribution in [0.4, 0.5) is 8.78 Å². The van der Waals surface area contributed by atoms with E-state index in [-0.39, 0.29) is 5.41 Å². The van der Waals surface area contributed by atoms with Crippen LogP contribution in [0.2, 0.25) is 0 Å². The first-order valence-electron chi connectivity index (χ1n) is 5.19. The summed E-state index contributed by atoms with van der Waals surface area (Å²) in [6, 6.07) is 3.69. The van der Waals surface area contributed by atoms with Gasteiger partial charge in [0.05, 0.1) is 0 Å². The lowest BCUT2D eigenvalue weighted by Crippen LogP contribution is -2.34. The molecule has 1 N–H and O–H groups in total. The summed E-state index contributed by atoms with van der Waals surface area (Å²) in [4.78, 5) is 0. The van der Waals surface area contributed by atoms with Gasteiger partial charge in [-0.1, -0.05) is 19.9 Å². The molecule has 4 heteroatoms. The summed E-state index contributed by atoms with van der Waals surface area (Å²) in [6.07, 6.45) is 0. The van der Waals surface area contributed by atoms with Crippen LogP contribution in [0.1, 0.15) is 19.4 Å². The Hall–Kier alpha value is -0.670. The van der Waals surface area contributed by atoms with Gasteiger partial charge in [0.2, 0.25) is 0 Å². The molecule has 0 spiro atoms. The van der Waals surface area contributed by atoms with Gasteiger partial charge in [-0.05, 0) is 11.6 Å². The number of halogens is 3. The highest BCUT2D eigenvalue weighted by Gasteiger charge is 2.23. The van der Waals surface area contributed by atoms with E-state index in [0.29, 0.717) is 24.5 Å². The van der Waals surface area contributed by atoms with Gasteiger partial charge in [0, 0.05) is 30.5 Å². The molecule has 1 nitrogen and oxygen atoms in total. The van der Waals surface area contributed by atoms with Gasteiger partial charge in [0.15, 0.2) is 0 Å². The molecule has 0 saturated carbocycles. The molecule has 0 aliphatic rings. The summed E-state index contributed by atoms with van der Waals surface area (Å²) >= 11 is 5.54. The third-order valence-electron chi connectivity index (χ3n) is 2.50. The van der Waals surface area contributed by atoms with Crippen LogP contribution in [-0.2, 0) is 5.41 Å². The van der Waals surface area contributed by atoms with Crippen LogP contribution in [-0.4, -0.2) is 19.0 Å². The molecule has 0 amide bonds. The minimum Gasteiger partial charge on any atom is -0.315 e. The fourth-order valence-corrected chi connectivity index (χ4v) is 1.73. The second kappa shape index (κ2) is 5.60. The SMILES string of the molecule is CC(C)(CNCCCl)c1ccc(F)cc1F. The average Bonchev–Trinajstić information content (AvgIpc) is 2.17. The van der Waals surface area contributed by atoms with E-state index < -0.39 is 11.6 Å². The van der Waals surface area contributed by atoms with Crippen LogP contribution in [0.25, 0.3) is 0 Å². The summed E-state index contributed by atoms with van der Waals surface area (Å²) in [6.45, 7) is 5.09. The minimum absolute atomic E-state index is 0.385. The first kappa shape index (κ1) is 13.4. The molecule has 0 aliphatic heterocycles. The second-order valence-corrected chi connectivity index (χ2v) is 4.75. The molecular weight excluding hydrogens is 232 g/mol. The van der Waals surface area contributed by atoms with Crippen LogP contribution in [0, 0.1) is 11.6 Å². The number of benzene rings is 1. The van der Waals surface area contributed by atoms with Gasteiger partial charge in [-0.15, -0.1) is 11.6 Å². The Bertz CT molecular complexity index is 353. The Kier molecular flexibility index (Phi) is 4.69. The second-order valence-electron chi connectivity index (χ2n) is 4.37. The molecule has 1 aromatic rings. The van der Waals surface area contributed by atoms with Crippen LogP contribution >= 0.6 is 11.6 Å². The first-order chi connectivity index (χ1) is 7.47. The Morgan fingerprint density at radius 1 is 1.31 bits per heavy atom. The van der Waals surface area contributed by atoms with E-state index in [1.165, 1.54) is 12.1 Å². The van der Waals surface area contributed by atoms with Gasteiger partial charge in [0.25, 0.3) is 0 Å². The third kappa shape index (κ3) is 3.42. The summed E-state index contributed by atoms with van der Waals surface area (Å²) in [7, 11) is 0. The van der Waals surface area contributed by atoms with Crippen molar-refractivity contribution in [3.05, 3.63) is 35.4 Å². The van der Waals surface area contributed by atoms with Crippen molar-refractivity contribution in [2.24, 2.45) is 0 Å². The van der Waals surface area contributed by atoms with Gasteiger partial charge in [-0.3, -0.25) is 0 Å². The molecule has 0 atom stereocenters. The van der Waals surface area contributed by atoms with Gasteiger partial charge < -0.3 is 5.32 Å². The van der Waals surface area contributed by atoms with E-state index >= 15 is 0 Å². The average molecular weight is 248 g/mol. The van der Waals surface area contributed by atoms with Crippen LogP contribution in [0.5, 0.6) is 0 Å². The van der Waals surface area contributed by atoms with Crippen LogP contribution in [0.15, 0.2) is 18.2 Å². The lowest BCUT2D eigenvalue weighted by Gasteiger charge is -2.26. The number of hydrogen-bond donors (Lipinski definition) is 1. The smallest absolute Gasteiger partial charge is 0.129 e. The normalized spacial score (nSPS) is 11.8. The highest BCUT2D eigenvalue weighted by molar-refractivity contribution is 6.18. The monoisotopic (exact) mass is 247 g/mol. The summed E-state index contributed by atoms with van der Waals surface area (Å²) in [5.41, 5.74) is 0.125. The van der Waals surface area contributed by atoms with E-state index in [4.69, 9.17) is 11.6 Å². The molecule has 0 unspecified atom stereocenters. The van der Waals surface area contributed by atoms with E-state index in [2.05, 4.69) is 5.32 Å². The number of rotatable bonds is 5. The summed E-state index contributed by atoms with van der Waals surface area (Å²) in [5.74, 6) is -0.537. The van der Waals surface area contributed by atoms with Crippen molar-refractivity contribution >= 4 is 11.6 Å². The molecule has 1 aromatic carbocycles. The Labute approximate surface area is 99.8 Å². The Morgan fingerprint density at radius 2 is 2.00 bits per heavy atom. The fourth-order valence-electron chi connectivity index (χ4n) is 1.60. The number of hydrogen-bond acceptors (Lipinski definition) is 1. The van der Waals surface area contributed by atoms with Gasteiger partial charge >= 0.3 is 0 Å². The third-order valence-corrected chi connectivity index (χ3v) is 2.69. The number of alkyl halides is 1.